The quantitative estimate of drug-likeness (QED) is 0.282. The molecule has 0 saturated heterocycles. The van der Waals surface area contributed by atoms with E-state index in [4.69, 9.17) is 4.74 Å². The van der Waals surface area contributed by atoms with Crippen molar-refractivity contribution in [2.75, 3.05) is 33.4 Å². The third-order valence-corrected chi connectivity index (χ3v) is 9.19. The maximum Gasteiger partial charge on any atom is 0.416 e. The van der Waals surface area contributed by atoms with E-state index in [0.717, 1.165) is 22.0 Å². The lowest BCUT2D eigenvalue weighted by Gasteiger charge is -2.37. The molecule has 1 unspecified atom stereocenters. The summed E-state index contributed by atoms with van der Waals surface area (Å²) in [4.78, 5) is 14.8. The number of halogens is 4. The summed E-state index contributed by atoms with van der Waals surface area (Å²) in [6.07, 6.45) is -2.94. The van der Waals surface area contributed by atoms with Crippen molar-refractivity contribution >= 4 is 15.9 Å². The van der Waals surface area contributed by atoms with E-state index >= 15 is 0 Å². The van der Waals surface area contributed by atoms with Gasteiger partial charge in [-0.2, -0.15) is 17.5 Å². The standard InChI is InChI=1S/C28H31F4N3O4S/c1-18-14-19(2)27(20(3)15-18)40(37,38)33(4)12-13-39-17-25(36)35-11-10-34-9-5-6-24(34)26(35)22-8-7-21(16-23(22)29)28(30,31)32/h5-9,14-16,26H,10-13,17H2,1-4H3. The third kappa shape index (κ3) is 5.93. The zero-order chi connectivity index (χ0) is 29.4. The Bertz CT molecular complexity index is 1490. The number of likely N-dealkylation sites (N-methyl/N-ethyl adjacent to an activating group) is 1. The molecular formula is C28H31F4N3O4S. The molecule has 2 aromatic carbocycles. The molecule has 0 saturated carbocycles. The molecule has 1 aliphatic heterocycles. The Morgan fingerprint density at radius 1 is 1.07 bits per heavy atom. The van der Waals surface area contributed by atoms with Crippen LogP contribution < -0.4 is 0 Å². The maximum atomic E-state index is 15.0. The lowest BCUT2D eigenvalue weighted by Crippen LogP contribution is -2.44. The summed E-state index contributed by atoms with van der Waals surface area (Å²) in [6.45, 7) is 5.48. The summed E-state index contributed by atoms with van der Waals surface area (Å²) >= 11 is 0. The summed E-state index contributed by atoms with van der Waals surface area (Å²) in [7, 11) is -2.36. The van der Waals surface area contributed by atoms with Gasteiger partial charge in [0.05, 0.1) is 17.1 Å². The molecule has 40 heavy (non-hydrogen) atoms. The molecule has 0 spiro atoms. The molecule has 12 heteroatoms. The monoisotopic (exact) mass is 581 g/mol. The predicted molar refractivity (Wildman–Crippen MR) is 141 cm³/mol. The zero-order valence-electron chi connectivity index (χ0n) is 22.6. The second-order valence-electron chi connectivity index (χ2n) is 9.96. The number of nitrogens with zero attached hydrogens (tertiary/aromatic N) is 3. The Labute approximate surface area is 231 Å². The number of ether oxygens (including phenoxy) is 1. The van der Waals surface area contributed by atoms with Gasteiger partial charge in [0.2, 0.25) is 15.9 Å². The fourth-order valence-corrected chi connectivity index (χ4v) is 6.75. The number of hydrogen-bond donors (Lipinski definition) is 0. The maximum absolute atomic E-state index is 15.0. The molecule has 1 amide bonds. The highest BCUT2D eigenvalue weighted by Crippen LogP contribution is 2.37. The summed E-state index contributed by atoms with van der Waals surface area (Å²) < 4.78 is 89.1. The van der Waals surface area contributed by atoms with Crippen molar-refractivity contribution in [2.24, 2.45) is 0 Å². The number of amides is 1. The van der Waals surface area contributed by atoms with Crippen LogP contribution in [-0.2, 0) is 32.3 Å². The van der Waals surface area contributed by atoms with E-state index in [9.17, 15) is 30.8 Å². The molecular weight excluding hydrogens is 550 g/mol. The molecule has 0 aliphatic carbocycles. The van der Waals surface area contributed by atoms with Crippen LogP contribution in [0.2, 0.25) is 0 Å². The first-order valence-corrected chi connectivity index (χ1v) is 14.1. The van der Waals surface area contributed by atoms with Crippen molar-refractivity contribution in [3.8, 4) is 0 Å². The van der Waals surface area contributed by atoms with Crippen LogP contribution in [0.5, 0.6) is 0 Å². The van der Waals surface area contributed by atoms with E-state index in [1.54, 1.807) is 44.3 Å². The fraction of sp³-hybridized carbons (Fsp3) is 0.393. The number of fused-ring (bicyclic) bond motifs is 1. The normalized spacial score (nSPS) is 15.9. The highest BCUT2D eigenvalue weighted by Gasteiger charge is 2.36. The van der Waals surface area contributed by atoms with Crippen LogP contribution in [0.4, 0.5) is 17.6 Å². The largest absolute Gasteiger partial charge is 0.416 e. The van der Waals surface area contributed by atoms with E-state index in [1.165, 1.54) is 11.9 Å². The minimum atomic E-state index is -4.70. The molecule has 0 fully saturated rings. The fourth-order valence-electron chi connectivity index (χ4n) is 5.19. The topological polar surface area (TPSA) is 71.8 Å². The summed E-state index contributed by atoms with van der Waals surface area (Å²) in [5, 5.41) is 0. The first-order valence-electron chi connectivity index (χ1n) is 12.6. The van der Waals surface area contributed by atoms with Gasteiger partial charge >= 0.3 is 6.18 Å². The molecule has 0 bridgehead atoms. The van der Waals surface area contributed by atoms with E-state index in [0.29, 0.717) is 29.4 Å². The van der Waals surface area contributed by atoms with Gasteiger partial charge in [0, 0.05) is 44.1 Å². The Kier molecular flexibility index (Phi) is 8.44. The van der Waals surface area contributed by atoms with Crippen molar-refractivity contribution in [2.45, 2.75) is 44.4 Å². The minimum absolute atomic E-state index is 0.0117. The van der Waals surface area contributed by atoms with Gasteiger partial charge < -0.3 is 14.2 Å². The van der Waals surface area contributed by atoms with Gasteiger partial charge in [0.15, 0.2) is 0 Å². The number of rotatable bonds is 8. The lowest BCUT2D eigenvalue weighted by atomic mass is 9.97. The molecule has 1 aromatic heterocycles. The van der Waals surface area contributed by atoms with Gasteiger partial charge in [-0.05, 0) is 56.2 Å². The Hall–Kier alpha value is -3.22. The van der Waals surface area contributed by atoms with Gasteiger partial charge in [-0.15, -0.1) is 0 Å². The number of carbonyl (C=O) groups is 1. The summed E-state index contributed by atoms with van der Waals surface area (Å²) in [6, 6.07) is 8.36. The number of benzene rings is 2. The molecule has 1 atom stereocenters. The van der Waals surface area contributed by atoms with Crippen LogP contribution in [0, 0.1) is 26.6 Å². The highest BCUT2D eigenvalue weighted by molar-refractivity contribution is 7.89. The number of carbonyl (C=O) groups excluding carboxylic acids is 1. The minimum Gasteiger partial charge on any atom is -0.370 e. The number of hydrogen-bond acceptors (Lipinski definition) is 4. The van der Waals surface area contributed by atoms with E-state index in [1.807, 2.05) is 11.5 Å². The Morgan fingerprint density at radius 3 is 2.38 bits per heavy atom. The smallest absolute Gasteiger partial charge is 0.370 e. The van der Waals surface area contributed by atoms with Crippen LogP contribution in [-0.4, -0.2) is 61.4 Å². The molecule has 2 heterocycles. The SMILES string of the molecule is Cc1cc(C)c(S(=O)(=O)N(C)CCOCC(=O)N2CCn3cccc3C2c2ccc(C(F)(F)F)cc2F)c(C)c1. The van der Waals surface area contributed by atoms with Crippen molar-refractivity contribution in [3.63, 3.8) is 0 Å². The molecule has 1 aliphatic rings. The van der Waals surface area contributed by atoms with Gasteiger partial charge in [0.25, 0.3) is 0 Å². The van der Waals surface area contributed by atoms with Gasteiger partial charge in [-0.1, -0.05) is 23.8 Å². The average molecular weight is 582 g/mol. The Morgan fingerprint density at radius 2 is 1.75 bits per heavy atom. The molecule has 3 aromatic rings. The molecule has 7 nitrogen and oxygen atoms in total. The molecule has 4 rings (SSSR count). The van der Waals surface area contributed by atoms with Gasteiger partial charge in [-0.25, -0.2) is 12.8 Å². The lowest BCUT2D eigenvalue weighted by molar-refractivity contribution is -0.139. The second-order valence-corrected chi connectivity index (χ2v) is 11.9. The first kappa shape index (κ1) is 29.8. The zero-order valence-corrected chi connectivity index (χ0v) is 23.4. The number of aromatic nitrogens is 1. The van der Waals surface area contributed by atoms with E-state index < -0.39 is 46.1 Å². The number of alkyl halides is 3. The summed E-state index contributed by atoms with van der Waals surface area (Å²) in [5.74, 6) is -1.56. The van der Waals surface area contributed by atoms with Crippen LogP contribution >= 0.6 is 0 Å². The van der Waals surface area contributed by atoms with Crippen LogP contribution in [0.3, 0.4) is 0 Å². The van der Waals surface area contributed by atoms with Crippen molar-refractivity contribution in [1.82, 2.24) is 13.8 Å². The Balaban J connectivity index is 1.45. The highest BCUT2D eigenvalue weighted by atomic mass is 32.2. The van der Waals surface area contributed by atoms with Crippen molar-refractivity contribution < 1.29 is 35.5 Å². The van der Waals surface area contributed by atoms with Gasteiger partial charge in [-0.3, -0.25) is 4.79 Å². The molecule has 0 radical (unpaired) electrons. The van der Waals surface area contributed by atoms with Crippen LogP contribution in [0.25, 0.3) is 0 Å². The van der Waals surface area contributed by atoms with E-state index in [2.05, 4.69) is 0 Å². The van der Waals surface area contributed by atoms with Crippen molar-refractivity contribution in [3.05, 3.63) is 88.0 Å². The third-order valence-electron chi connectivity index (χ3n) is 7.03. The average Bonchev–Trinajstić information content (AvgIpc) is 3.33. The molecule has 0 N–H and O–H groups in total. The number of aryl methyl sites for hydroxylation is 3. The van der Waals surface area contributed by atoms with E-state index in [-0.39, 0.29) is 30.2 Å². The predicted octanol–water partition coefficient (Wildman–Crippen LogP) is 4.84. The number of sulfonamides is 1. The first-order chi connectivity index (χ1) is 18.7. The van der Waals surface area contributed by atoms with Gasteiger partial charge in [0.1, 0.15) is 18.5 Å². The van der Waals surface area contributed by atoms with Crippen LogP contribution in [0.15, 0.2) is 53.6 Å². The second kappa shape index (κ2) is 11.3. The van der Waals surface area contributed by atoms with Crippen LogP contribution in [0.1, 0.15) is 39.6 Å². The van der Waals surface area contributed by atoms with Crippen molar-refractivity contribution in [1.29, 1.82) is 0 Å². The summed E-state index contributed by atoms with van der Waals surface area (Å²) in [5.41, 5.74) is 1.62. The molecule has 216 valence electrons.